The van der Waals surface area contributed by atoms with Gasteiger partial charge in [-0.05, 0) is 82.6 Å². The molecule has 0 N–H and O–H groups in total. The second-order valence-corrected chi connectivity index (χ2v) is 14.0. The van der Waals surface area contributed by atoms with Gasteiger partial charge in [-0.1, -0.05) is 140 Å². The molecule has 0 saturated heterocycles. The highest BCUT2D eigenvalue weighted by molar-refractivity contribution is 6.21. The fourth-order valence-electron chi connectivity index (χ4n) is 8.49. The summed E-state index contributed by atoms with van der Waals surface area (Å²) in [6, 6.07) is 72.0. The molecule has 0 spiro atoms. The first-order chi connectivity index (χ1) is 26.8. The van der Waals surface area contributed by atoms with Crippen LogP contribution in [0.15, 0.2) is 200 Å². The molecule has 0 saturated carbocycles. The zero-order chi connectivity index (χ0) is 35.6. The number of aromatic nitrogens is 3. The molecule has 54 heavy (non-hydrogen) atoms. The molecule has 0 aliphatic heterocycles. The van der Waals surface area contributed by atoms with Crippen molar-refractivity contribution in [1.82, 2.24) is 14.1 Å². The molecule has 0 amide bonds. The van der Waals surface area contributed by atoms with Gasteiger partial charge < -0.3 is 9.13 Å². The van der Waals surface area contributed by atoms with Gasteiger partial charge in [0, 0.05) is 44.0 Å². The molecule has 0 unspecified atom stereocenters. The highest BCUT2D eigenvalue weighted by Crippen LogP contribution is 2.44. The number of hydrogen-bond donors (Lipinski definition) is 0. The Morgan fingerprint density at radius 1 is 0.315 bits per heavy atom. The maximum atomic E-state index is 5.52. The van der Waals surface area contributed by atoms with Crippen molar-refractivity contribution in [3.63, 3.8) is 0 Å². The molecule has 252 valence electrons. The number of nitrogens with zero attached hydrogens (tertiary/aromatic N) is 3. The molecule has 3 nitrogen and oxygen atoms in total. The first-order valence-electron chi connectivity index (χ1n) is 18.5. The number of para-hydroxylation sites is 3. The van der Waals surface area contributed by atoms with E-state index >= 15 is 0 Å². The normalized spacial score (nSPS) is 11.7. The van der Waals surface area contributed by atoms with Crippen LogP contribution in [-0.2, 0) is 0 Å². The second-order valence-electron chi connectivity index (χ2n) is 14.0. The van der Waals surface area contributed by atoms with Gasteiger partial charge in [-0.15, -0.1) is 0 Å². The lowest BCUT2D eigenvalue weighted by Crippen LogP contribution is -1.99. The Kier molecular flexibility index (Phi) is 6.86. The summed E-state index contributed by atoms with van der Waals surface area (Å²) in [5, 5.41) is 7.24. The van der Waals surface area contributed by atoms with Gasteiger partial charge in [-0.2, -0.15) is 0 Å². The summed E-state index contributed by atoms with van der Waals surface area (Å²) < 4.78 is 4.85. The third-order valence-corrected chi connectivity index (χ3v) is 10.9. The quantitative estimate of drug-likeness (QED) is 0.177. The van der Waals surface area contributed by atoms with Gasteiger partial charge in [0.25, 0.3) is 0 Å². The van der Waals surface area contributed by atoms with Crippen LogP contribution in [-0.4, -0.2) is 14.1 Å². The summed E-state index contributed by atoms with van der Waals surface area (Å²) in [6.07, 6.45) is 0. The summed E-state index contributed by atoms with van der Waals surface area (Å²) in [7, 11) is 0. The molecular weight excluding hydrogens is 655 g/mol. The van der Waals surface area contributed by atoms with Crippen molar-refractivity contribution in [3.05, 3.63) is 200 Å². The highest BCUT2D eigenvalue weighted by atomic mass is 15.0. The first-order valence-corrected chi connectivity index (χ1v) is 18.5. The van der Waals surface area contributed by atoms with Crippen LogP contribution in [0.5, 0.6) is 0 Å². The molecule has 11 rings (SSSR count). The van der Waals surface area contributed by atoms with Crippen LogP contribution in [0.4, 0.5) is 0 Å². The van der Waals surface area contributed by atoms with Crippen molar-refractivity contribution < 1.29 is 0 Å². The fourth-order valence-corrected chi connectivity index (χ4v) is 8.49. The zero-order valence-corrected chi connectivity index (χ0v) is 29.4. The molecule has 11 aromatic rings. The van der Waals surface area contributed by atoms with Crippen LogP contribution < -0.4 is 0 Å². The molecule has 0 fully saturated rings. The Morgan fingerprint density at radius 3 is 1.61 bits per heavy atom. The highest BCUT2D eigenvalue weighted by Gasteiger charge is 2.22. The first kappa shape index (κ1) is 30.4. The monoisotopic (exact) mass is 687 g/mol. The summed E-state index contributed by atoms with van der Waals surface area (Å²) in [5.41, 5.74) is 13.4. The van der Waals surface area contributed by atoms with E-state index in [1.807, 2.05) is 0 Å². The maximum Gasteiger partial charge on any atom is 0.0743 e. The van der Waals surface area contributed by atoms with Gasteiger partial charge in [-0.25, -0.2) is 4.98 Å². The Balaban J connectivity index is 1.27. The molecule has 0 atom stereocenters. The Hall–Kier alpha value is -7.23. The van der Waals surface area contributed by atoms with E-state index in [9.17, 15) is 0 Å². The van der Waals surface area contributed by atoms with E-state index in [4.69, 9.17) is 4.98 Å². The van der Waals surface area contributed by atoms with Crippen LogP contribution in [0.25, 0.3) is 99.4 Å². The molecule has 3 heterocycles. The van der Waals surface area contributed by atoms with Gasteiger partial charge in [0.05, 0.1) is 33.5 Å². The Labute approximate surface area is 312 Å². The summed E-state index contributed by atoms with van der Waals surface area (Å²) in [4.78, 5) is 5.52. The molecule has 0 radical (unpaired) electrons. The third kappa shape index (κ3) is 4.72. The minimum atomic E-state index is 0.947. The third-order valence-electron chi connectivity index (χ3n) is 10.9. The summed E-state index contributed by atoms with van der Waals surface area (Å²) in [6.45, 7) is 0. The van der Waals surface area contributed by atoms with Gasteiger partial charge in [-0.3, -0.25) is 0 Å². The van der Waals surface area contributed by atoms with Crippen molar-refractivity contribution in [2.45, 2.75) is 0 Å². The van der Waals surface area contributed by atoms with E-state index in [0.717, 1.165) is 56.0 Å². The van der Waals surface area contributed by atoms with Gasteiger partial charge >= 0.3 is 0 Å². The van der Waals surface area contributed by atoms with Crippen LogP contribution >= 0.6 is 0 Å². The van der Waals surface area contributed by atoms with Crippen LogP contribution in [0.1, 0.15) is 0 Å². The number of pyridine rings is 1. The largest absolute Gasteiger partial charge is 0.309 e. The van der Waals surface area contributed by atoms with E-state index in [2.05, 4.69) is 209 Å². The van der Waals surface area contributed by atoms with Gasteiger partial charge in [0.1, 0.15) is 0 Å². The van der Waals surface area contributed by atoms with Crippen LogP contribution in [0.3, 0.4) is 0 Å². The molecular formula is C51H33N3. The van der Waals surface area contributed by atoms with Crippen LogP contribution in [0.2, 0.25) is 0 Å². The average Bonchev–Trinajstić information content (AvgIpc) is 3.76. The topological polar surface area (TPSA) is 22.8 Å². The predicted octanol–water partition coefficient (Wildman–Crippen LogP) is 13.4. The summed E-state index contributed by atoms with van der Waals surface area (Å²) in [5.74, 6) is 0. The maximum absolute atomic E-state index is 5.52. The lowest BCUT2D eigenvalue weighted by Gasteiger charge is -2.16. The van der Waals surface area contributed by atoms with E-state index in [1.165, 1.54) is 43.4 Å². The van der Waals surface area contributed by atoms with Crippen LogP contribution in [0, 0.1) is 0 Å². The standard InChI is InChI=1S/C51H33N3/c1-4-16-34(17-5-1)37-31-45(35-18-6-2-7-19-35)52-46(32-37)50-40-23-11-10-20-36(40)30-44-42-25-13-15-27-48(42)54(51(44)50)39-28-29-49-43(33-39)41-24-12-14-26-47(41)53(49)38-21-8-3-9-22-38/h1-33H. The number of fused-ring (bicyclic) bond motifs is 7. The SMILES string of the molecule is c1ccc(-c2cc(-c3ccccc3)nc(-c3c4ccccc4cc4c5ccccc5n(-c5ccc6c(c5)c5ccccc5n6-c5ccccc5)c34)c2)cc1. The number of benzene rings is 8. The lowest BCUT2D eigenvalue weighted by atomic mass is 9.94. The Morgan fingerprint density at radius 2 is 0.870 bits per heavy atom. The smallest absolute Gasteiger partial charge is 0.0743 e. The molecule has 3 aromatic heterocycles. The molecule has 3 heteroatoms. The van der Waals surface area contributed by atoms with Crippen molar-refractivity contribution in [2.75, 3.05) is 0 Å². The van der Waals surface area contributed by atoms with Gasteiger partial charge in [0.2, 0.25) is 0 Å². The second kappa shape index (κ2) is 12.2. The minimum Gasteiger partial charge on any atom is -0.309 e. The lowest BCUT2D eigenvalue weighted by molar-refractivity contribution is 1.16. The van der Waals surface area contributed by atoms with E-state index < -0.39 is 0 Å². The molecule has 8 aromatic carbocycles. The van der Waals surface area contributed by atoms with Crippen molar-refractivity contribution in [1.29, 1.82) is 0 Å². The molecule has 0 bridgehead atoms. The van der Waals surface area contributed by atoms with Crippen molar-refractivity contribution in [2.24, 2.45) is 0 Å². The predicted molar refractivity (Wildman–Crippen MR) is 227 cm³/mol. The zero-order valence-electron chi connectivity index (χ0n) is 29.4. The number of hydrogen-bond acceptors (Lipinski definition) is 1. The number of rotatable bonds is 5. The summed E-state index contributed by atoms with van der Waals surface area (Å²) >= 11 is 0. The van der Waals surface area contributed by atoms with E-state index in [-0.39, 0.29) is 0 Å². The Bertz CT molecular complexity index is 3130. The van der Waals surface area contributed by atoms with Crippen molar-refractivity contribution >= 4 is 54.4 Å². The molecule has 0 aliphatic carbocycles. The molecule has 0 aliphatic rings. The fraction of sp³-hybridized carbons (Fsp3) is 0. The van der Waals surface area contributed by atoms with E-state index in [1.54, 1.807) is 0 Å². The van der Waals surface area contributed by atoms with Crippen molar-refractivity contribution in [3.8, 4) is 45.0 Å². The van der Waals surface area contributed by atoms with E-state index in [0.29, 0.717) is 0 Å². The van der Waals surface area contributed by atoms with Gasteiger partial charge in [0.15, 0.2) is 0 Å². The minimum absolute atomic E-state index is 0.947. The average molecular weight is 688 g/mol.